The van der Waals surface area contributed by atoms with Crippen LogP contribution in [0.25, 0.3) is 0 Å². The van der Waals surface area contributed by atoms with E-state index in [4.69, 9.17) is 22.7 Å². The number of pyridine rings is 1. The molecule has 3 N–H and O–H groups in total. The predicted octanol–water partition coefficient (Wildman–Crippen LogP) is 2.20. The summed E-state index contributed by atoms with van der Waals surface area (Å²) in [4.78, 5) is 3.85. The van der Waals surface area contributed by atoms with E-state index in [1.165, 1.54) is 6.20 Å². The molecule has 3 nitrogen and oxygen atoms in total. The Morgan fingerprint density at radius 3 is 2.67 bits per heavy atom. The van der Waals surface area contributed by atoms with E-state index < -0.39 is 0 Å². The minimum Gasteiger partial charge on any atom is -0.382 e. The molecule has 1 rings (SSSR count). The van der Waals surface area contributed by atoms with E-state index in [1.54, 1.807) is 6.07 Å². The van der Waals surface area contributed by atoms with Crippen molar-refractivity contribution in [3.63, 3.8) is 0 Å². The van der Waals surface area contributed by atoms with Crippen molar-refractivity contribution in [1.29, 1.82) is 5.41 Å². The Hall–Kier alpha value is -0.320. The smallest absolute Gasteiger partial charge is 0.142 e. The van der Waals surface area contributed by atoms with Gasteiger partial charge in [0.1, 0.15) is 11.5 Å². The summed E-state index contributed by atoms with van der Waals surface area (Å²) in [5.74, 6) is -0.0754. The number of halogens is 3. The highest BCUT2D eigenvalue weighted by Gasteiger charge is 2.03. The van der Waals surface area contributed by atoms with Crippen LogP contribution in [-0.4, -0.2) is 10.8 Å². The van der Waals surface area contributed by atoms with Crippen molar-refractivity contribution in [2.75, 3.05) is 0 Å². The zero-order valence-corrected chi connectivity index (χ0v) is 9.00. The molecule has 1 aromatic rings. The summed E-state index contributed by atoms with van der Waals surface area (Å²) >= 11 is 8.80. The molecule has 12 heavy (non-hydrogen) atoms. The summed E-state index contributed by atoms with van der Waals surface area (Å²) in [6.07, 6.45) is 1.45. The Labute approximate surface area is 89.4 Å². The van der Waals surface area contributed by atoms with Crippen molar-refractivity contribution in [1.82, 2.24) is 4.98 Å². The molecule has 0 aliphatic heterocycles. The Morgan fingerprint density at radius 1 is 1.67 bits per heavy atom. The molecule has 0 unspecified atom stereocenters. The Kier molecular flexibility index (Phi) is 4.52. The lowest BCUT2D eigenvalue weighted by atomic mass is 10.3. The summed E-state index contributed by atoms with van der Waals surface area (Å²) in [7, 11) is 0. The molecule has 0 atom stereocenters. The third-order valence-corrected chi connectivity index (χ3v) is 1.87. The lowest BCUT2D eigenvalue weighted by molar-refractivity contribution is 1.24. The van der Waals surface area contributed by atoms with Gasteiger partial charge in [0, 0.05) is 10.7 Å². The number of nitrogen functional groups attached to an aromatic ring is 1. The van der Waals surface area contributed by atoms with Gasteiger partial charge in [-0.15, -0.1) is 12.4 Å². The van der Waals surface area contributed by atoms with Crippen molar-refractivity contribution < 1.29 is 0 Å². The van der Waals surface area contributed by atoms with Crippen molar-refractivity contribution in [3.8, 4) is 0 Å². The maximum atomic E-state index is 7.09. The molecule has 0 aliphatic rings. The van der Waals surface area contributed by atoms with E-state index >= 15 is 0 Å². The zero-order valence-electron chi connectivity index (χ0n) is 5.84. The normalized spacial score (nSPS) is 8.83. The topological polar surface area (TPSA) is 62.8 Å². The minimum absolute atomic E-state index is 0. The molecule has 0 spiro atoms. The van der Waals surface area contributed by atoms with Crippen LogP contribution in [-0.2, 0) is 0 Å². The van der Waals surface area contributed by atoms with E-state index in [-0.39, 0.29) is 18.2 Å². The van der Waals surface area contributed by atoms with Crippen LogP contribution in [0.1, 0.15) is 5.69 Å². The molecule has 6 heteroatoms. The summed E-state index contributed by atoms with van der Waals surface area (Å²) in [5.41, 5.74) is 5.62. The van der Waals surface area contributed by atoms with Gasteiger partial charge in [-0.3, -0.25) is 10.4 Å². The fourth-order valence-electron chi connectivity index (χ4n) is 0.613. The van der Waals surface area contributed by atoms with E-state index in [0.717, 1.165) is 0 Å². The summed E-state index contributed by atoms with van der Waals surface area (Å²) < 4.78 is 0.637. The predicted molar refractivity (Wildman–Crippen MR) is 55.2 cm³/mol. The molecule has 0 radical (unpaired) electrons. The van der Waals surface area contributed by atoms with Crippen LogP contribution in [0.5, 0.6) is 0 Å². The van der Waals surface area contributed by atoms with Crippen molar-refractivity contribution >= 4 is 45.8 Å². The van der Waals surface area contributed by atoms with Crippen LogP contribution in [0.4, 0.5) is 0 Å². The van der Waals surface area contributed by atoms with E-state index in [2.05, 4.69) is 20.9 Å². The number of aromatic nitrogens is 1. The molecule has 0 saturated heterocycles. The molecular weight excluding hydrogens is 265 g/mol. The monoisotopic (exact) mass is 269 g/mol. The second kappa shape index (κ2) is 4.64. The number of nitrogens with two attached hydrogens (primary N) is 1. The molecule has 1 aromatic heterocycles. The highest BCUT2D eigenvalue weighted by molar-refractivity contribution is 9.10. The number of rotatable bonds is 1. The third kappa shape index (κ3) is 2.62. The van der Waals surface area contributed by atoms with E-state index in [0.29, 0.717) is 15.2 Å². The van der Waals surface area contributed by atoms with Gasteiger partial charge in [-0.25, -0.2) is 0 Å². The minimum atomic E-state index is -0.0754. The van der Waals surface area contributed by atoms with Gasteiger partial charge in [0.05, 0.1) is 5.02 Å². The Balaban J connectivity index is 0.00000121. The number of hydrogen-bond acceptors (Lipinski definition) is 2. The second-order valence-electron chi connectivity index (χ2n) is 1.90. The second-order valence-corrected chi connectivity index (χ2v) is 3.19. The molecule has 0 amide bonds. The maximum Gasteiger partial charge on any atom is 0.142 e. The number of nitrogens with zero attached hydrogens (tertiary/aromatic N) is 1. The highest BCUT2D eigenvalue weighted by atomic mass is 79.9. The fraction of sp³-hybridized carbons (Fsp3) is 0. The summed E-state index contributed by atoms with van der Waals surface area (Å²) in [5, 5.41) is 7.60. The van der Waals surface area contributed by atoms with Crippen LogP contribution in [0.15, 0.2) is 16.7 Å². The third-order valence-electron chi connectivity index (χ3n) is 1.06. The highest BCUT2D eigenvalue weighted by Crippen LogP contribution is 2.18. The van der Waals surface area contributed by atoms with Gasteiger partial charge < -0.3 is 5.73 Å². The molecule has 0 fully saturated rings. The van der Waals surface area contributed by atoms with Crippen LogP contribution in [0.3, 0.4) is 0 Å². The van der Waals surface area contributed by atoms with Gasteiger partial charge in [-0.05, 0) is 22.0 Å². The number of amidine groups is 1. The molecular formula is C6H6BrCl2N3. The molecule has 66 valence electrons. The van der Waals surface area contributed by atoms with Crippen molar-refractivity contribution in [3.05, 3.63) is 27.5 Å². The first-order valence-corrected chi connectivity index (χ1v) is 3.94. The lowest BCUT2D eigenvalue weighted by Gasteiger charge is -1.99. The number of hydrogen-bond donors (Lipinski definition) is 2. The first kappa shape index (κ1) is 11.7. The van der Waals surface area contributed by atoms with Crippen LogP contribution in [0, 0.1) is 5.41 Å². The maximum absolute atomic E-state index is 7.09. The largest absolute Gasteiger partial charge is 0.382 e. The van der Waals surface area contributed by atoms with E-state index in [1.807, 2.05) is 0 Å². The standard InChI is InChI=1S/C6H5BrClN3.ClH/c7-4-1-3(8)2-11-5(4)6(9)10;/h1-2H,(H3,9,10);1H. The van der Waals surface area contributed by atoms with Crippen LogP contribution >= 0.6 is 39.9 Å². The van der Waals surface area contributed by atoms with Gasteiger partial charge in [-0.2, -0.15) is 0 Å². The fourth-order valence-corrected chi connectivity index (χ4v) is 1.47. The van der Waals surface area contributed by atoms with E-state index in [9.17, 15) is 0 Å². The summed E-state index contributed by atoms with van der Waals surface area (Å²) in [6.45, 7) is 0. The Bertz CT molecular complexity index is 303. The van der Waals surface area contributed by atoms with Crippen molar-refractivity contribution in [2.45, 2.75) is 0 Å². The van der Waals surface area contributed by atoms with Gasteiger partial charge in [0.2, 0.25) is 0 Å². The number of nitrogens with one attached hydrogen (secondary N) is 1. The lowest BCUT2D eigenvalue weighted by Crippen LogP contribution is -2.13. The molecule has 0 saturated carbocycles. The average molecular weight is 271 g/mol. The average Bonchev–Trinajstić information content (AvgIpc) is 1.85. The SMILES string of the molecule is Cl.N=C(N)c1ncc(Cl)cc1Br. The zero-order chi connectivity index (χ0) is 8.43. The summed E-state index contributed by atoms with van der Waals surface area (Å²) in [6, 6.07) is 1.64. The van der Waals surface area contributed by atoms with Gasteiger partial charge in [0.25, 0.3) is 0 Å². The van der Waals surface area contributed by atoms with Gasteiger partial charge in [0.15, 0.2) is 0 Å². The van der Waals surface area contributed by atoms with Gasteiger partial charge in [-0.1, -0.05) is 11.6 Å². The first-order chi connectivity index (χ1) is 5.11. The molecule has 0 bridgehead atoms. The van der Waals surface area contributed by atoms with Crippen molar-refractivity contribution in [2.24, 2.45) is 5.73 Å². The van der Waals surface area contributed by atoms with Gasteiger partial charge >= 0.3 is 0 Å². The first-order valence-electron chi connectivity index (χ1n) is 2.76. The molecule has 0 aliphatic carbocycles. The quantitative estimate of drug-likeness (QED) is 0.607. The molecule has 0 aromatic carbocycles. The van der Waals surface area contributed by atoms with Crippen LogP contribution < -0.4 is 5.73 Å². The molecule has 1 heterocycles. The van der Waals surface area contributed by atoms with Crippen LogP contribution in [0.2, 0.25) is 5.02 Å². The Morgan fingerprint density at radius 2 is 2.25 bits per heavy atom.